The number of para-hydroxylation sites is 1. The lowest BCUT2D eigenvalue weighted by Gasteiger charge is -1.93. The molecule has 2 N–H and O–H groups in total. The maximum atomic E-state index is 5.59. The summed E-state index contributed by atoms with van der Waals surface area (Å²) in [7, 11) is 0. The molecule has 0 amide bonds. The number of aromatic nitrogens is 2. The van der Waals surface area contributed by atoms with Gasteiger partial charge in [-0.1, -0.05) is 12.1 Å². The minimum Gasteiger partial charge on any atom is -0.453 e. The Morgan fingerprint density at radius 3 is 2.93 bits per heavy atom. The quantitative estimate of drug-likeness (QED) is 0.649. The smallest absolute Gasteiger partial charge is 0.172 e. The van der Waals surface area contributed by atoms with Gasteiger partial charge in [-0.15, -0.1) is 0 Å². The van der Waals surface area contributed by atoms with Gasteiger partial charge < -0.3 is 10.2 Å². The molecule has 74 valence electrons. The van der Waals surface area contributed by atoms with Crippen molar-refractivity contribution in [3.05, 3.63) is 36.3 Å². The van der Waals surface area contributed by atoms with Gasteiger partial charge >= 0.3 is 0 Å². The standard InChI is InChI=1S/C11H9N3O/c12-5-10-13-6-9-11(14-10)7-3-1-2-4-8(7)15-9/h1-4,6H,5,12H2. The van der Waals surface area contributed by atoms with Crippen LogP contribution in [0.4, 0.5) is 0 Å². The third-order valence-electron chi connectivity index (χ3n) is 2.35. The normalized spacial score (nSPS) is 11.3. The molecule has 0 atom stereocenters. The Hall–Kier alpha value is -1.94. The van der Waals surface area contributed by atoms with Crippen LogP contribution in [-0.4, -0.2) is 9.97 Å². The molecule has 3 aromatic rings. The van der Waals surface area contributed by atoms with Crippen LogP contribution >= 0.6 is 0 Å². The van der Waals surface area contributed by atoms with E-state index in [0.717, 1.165) is 16.5 Å². The van der Waals surface area contributed by atoms with Gasteiger partial charge in [0, 0.05) is 5.39 Å². The molecule has 4 heteroatoms. The third-order valence-corrected chi connectivity index (χ3v) is 2.35. The molecule has 0 bridgehead atoms. The zero-order chi connectivity index (χ0) is 10.3. The Labute approximate surface area is 85.7 Å². The van der Waals surface area contributed by atoms with Crippen LogP contribution in [0.15, 0.2) is 34.9 Å². The van der Waals surface area contributed by atoms with E-state index in [1.807, 2.05) is 24.3 Å². The summed E-state index contributed by atoms with van der Waals surface area (Å²) in [4.78, 5) is 8.44. The lowest BCUT2D eigenvalue weighted by molar-refractivity contribution is 0.664. The first-order valence-corrected chi connectivity index (χ1v) is 4.72. The summed E-state index contributed by atoms with van der Waals surface area (Å²) in [6.45, 7) is 0.343. The van der Waals surface area contributed by atoms with E-state index in [0.29, 0.717) is 18.0 Å². The van der Waals surface area contributed by atoms with Crippen molar-refractivity contribution in [3.8, 4) is 0 Å². The lowest BCUT2D eigenvalue weighted by atomic mass is 10.2. The predicted octanol–water partition coefficient (Wildman–Crippen LogP) is 1.83. The second-order valence-electron chi connectivity index (χ2n) is 3.30. The van der Waals surface area contributed by atoms with E-state index < -0.39 is 0 Å². The zero-order valence-corrected chi connectivity index (χ0v) is 7.97. The van der Waals surface area contributed by atoms with Crippen LogP contribution in [0.2, 0.25) is 0 Å². The second kappa shape index (κ2) is 3.03. The molecule has 0 aliphatic carbocycles. The van der Waals surface area contributed by atoms with Crippen molar-refractivity contribution < 1.29 is 4.42 Å². The minimum atomic E-state index is 0.343. The van der Waals surface area contributed by atoms with Crippen molar-refractivity contribution in [1.29, 1.82) is 0 Å². The van der Waals surface area contributed by atoms with E-state index in [1.165, 1.54) is 0 Å². The number of hydrogen-bond acceptors (Lipinski definition) is 4. The minimum absolute atomic E-state index is 0.343. The molecular weight excluding hydrogens is 190 g/mol. The van der Waals surface area contributed by atoms with Crippen molar-refractivity contribution in [3.63, 3.8) is 0 Å². The summed E-state index contributed by atoms with van der Waals surface area (Å²) < 4.78 is 5.59. The fourth-order valence-corrected chi connectivity index (χ4v) is 1.64. The first kappa shape index (κ1) is 8.38. The van der Waals surface area contributed by atoms with Crippen molar-refractivity contribution in [1.82, 2.24) is 9.97 Å². The summed E-state index contributed by atoms with van der Waals surface area (Å²) in [6.07, 6.45) is 1.67. The molecule has 0 radical (unpaired) electrons. The highest BCUT2D eigenvalue weighted by molar-refractivity contribution is 6.01. The number of benzene rings is 1. The first-order chi connectivity index (χ1) is 7.38. The average Bonchev–Trinajstić information content (AvgIpc) is 2.66. The van der Waals surface area contributed by atoms with E-state index in [9.17, 15) is 0 Å². The van der Waals surface area contributed by atoms with Gasteiger partial charge in [-0.05, 0) is 12.1 Å². The first-order valence-electron chi connectivity index (χ1n) is 4.72. The molecule has 4 nitrogen and oxygen atoms in total. The van der Waals surface area contributed by atoms with Gasteiger partial charge in [0.2, 0.25) is 0 Å². The second-order valence-corrected chi connectivity index (χ2v) is 3.30. The van der Waals surface area contributed by atoms with Gasteiger partial charge in [-0.25, -0.2) is 9.97 Å². The number of furan rings is 1. The van der Waals surface area contributed by atoms with Crippen molar-refractivity contribution >= 4 is 22.1 Å². The molecule has 1 aromatic carbocycles. The Kier molecular flexibility index (Phi) is 1.69. The fraction of sp³-hybridized carbons (Fsp3) is 0.0909. The Morgan fingerprint density at radius 1 is 1.20 bits per heavy atom. The molecule has 0 aliphatic rings. The molecule has 0 spiro atoms. The molecule has 0 saturated heterocycles. The van der Waals surface area contributed by atoms with Crippen molar-refractivity contribution in [2.45, 2.75) is 6.54 Å². The number of hydrogen-bond donors (Lipinski definition) is 1. The monoisotopic (exact) mass is 199 g/mol. The van der Waals surface area contributed by atoms with Gasteiger partial charge in [0.15, 0.2) is 5.58 Å². The average molecular weight is 199 g/mol. The van der Waals surface area contributed by atoms with Crippen LogP contribution in [0.3, 0.4) is 0 Å². The molecule has 0 saturated carbocycles. The Bertz CT molecular complexity index is 630. The number of nitrogens with two attached hydrogens (primary N) is 1. The zero-order valence-electron chi connectivity index (χ0n) is 7.97. The maximum absolute atomic E-state index is 5.59. The van der Waals surface area contributed by atoms with Crippen LogP contribution < -0.4 is 5.73 Å². The van der Waals surface area contributed by atoms with Crippen LogP contribution in [0.5, 0.6) is 0 Å². The molecular formula is C11H9N3O. The van der Waals surface area contributed by atoms with E-state index in [-0.39, 0.29) is 0 Å². The van der Waals surface area contributed by atoms with E-state index in [2.05, 4.69) is 9.97 Å². The summed E-state index contributed by atoms with van der Waals surface area (Å²) in [5.41, 5.74) is 7.86. The summed E-state index contributed by atoms with van der Waals surface area (Å²) in [5, 5.41) is 1.00. The molecule has 2 aromatic heterocycles. The predicted molar refractivity (Wildman–Crippen MR) is 57.2 cm³/mol. The van der Waals surface area contributed by atoms with Crippen molar-refractivity contribution in [2.24, 2.45) is 5.73 Å². The summed E-state index contributed by atoms with van der Waals surface area (Å²) >= 11 is 0. The number of fused-ring (bicyclic) bond motifs is 3. The Morgan fingerprint density at radius 2 is 2.07 bits per heavy atom. The van der Waals surface area contributed by atoms with Crippen LogP contribution in [0.1, 0.15) is 5.82 Å². The largest absolute Gasteiger partial charge is 0.453 e. The third kappa shape index (κ3) is 1.19. The van der Waals surface area contributed by atoms with E-state index in [4.69, 9.17) is 10.2 Å². The van der Waals surface area contributed by atoms with Gasteiger partial charge in [0.25, 0.3) is 0 Å². The van der Waals surface area contributed by atoms with Crippen LogP contribution in [0, 0.1) is 0 Å². The summed E-state index contributed by atoms with van der Waals surface area (Å²) in [5.74, 6) is 0.633. The van der Waals surface area contributed by atoms with Crippen molar-refractivity contribution in [2.75, 3.05) is 0 Å². The molecule has 0 unspecified atom stereocenters. The van der Waals surface area contributed by atoms with Gasteiger partial charge in [0.1, 0.15) is 16.9 Å². The molecule has 0 fully saturated rings. The highest BCUT2D eigenvalue weighted by Gasteiger charge is 2.08. The maximum Gasteiger partial charge on any atom is 0.172 e. The fourth-order valence-electron chi connectivity index (χ4n) is 1.64. The molecule has 15 heavy (non-hydrogen) atoms. The highest BCUT2D eigenvalue weighted by Crippen LogP contribution is 2.25. The highest BCUT2D eigenvalue weighted by atomic mass is 16.3. The molecule has 2 heterocycles. The topological polar surface area (TPSA) is 64.9 Å². The number of rotatable bonds is 1. The van der Waals surface area contributed by atoms with Crippen LogP contribution in [0.25, 0.3) is 22.1 Å². The van der Waals surface area contributed by atoms with Crippen LogP contribution in [-0.2, 0) is 6.54 Å². The van der Waals surface area contributed by atoms with E-state index in [1.54, 1.807) is 6.20 Å². The van der Waals surface area contributed by atoms with Gasteiger partial charge in [-0.3, -0.25) is 0 Å². The van der Waals surface area contributed by atoms with Gasteiger partial charge in [-0.2, -0.15) is 0 Å². The Balaban J connectivity index is 2.46. The summed E-state index contributed by atoms with van der Waals surface area (Å²) in [6, 6.07) is 7.79. The lowest BCUT2D eigenvalue weighted by Crippen LogP contribution is -2.01. The molecule has 0 aliphatic heterocycles. The molecule has 3 rings (SSSR count). The van der Waals surface area contributed by atoms with E-state index >= 15 is 0 Å². The van der Waals surface area contributed by atoms with Gasteiger partial charge in [0.05, 0.1) is 12.7 Å². The number of nitrogens with zero attached hydrogens (tertiary/aromatic N) is 2. The SMILES string of the molecule is NCc1ncc2oc3ccccc3c2n1.